The van der Waals surface area contributed by atoms with Crippen molar-refractivity contribution in [3.05, 3.63) is 0 Å². The van der Waals surface area contributed by atoms with Crippen LogP contribution in [-0.4, -0.2) is 73.4 Å². The number of alkyl carbamates (subject to hydrolysis) is 1. The van der Waals surface area contributed by atoms with Crippen molar-refractivity contribution in [1.29, 1.82) is 0 Å². The van der Waals surface area contributed by atoms with E-state index in [9.17, 15) is 14.4 Å². The van der Waals surface area contributed by atoms with Crippen molar-refractivity contribution in [2.45, 2.75) is 143 Å². The molecule has 3 atom stereocenters. The Labute approximate surface area is 268 Å². The van der Waals surface area contributed by atoms with Crippen LogP contribution < -0.4 is 10.6 Å². The first-order chi connectivity index (χ1) is 20.7. The smallest absolute Gasteiger partial charge is 0.446 e. The van der Waals surface area contributed by atoms with Crippen molar-refractivity contribution in [2.24, 2.45) is 21.2 Å². The highest BCUT2D eigenvalue weighted by molar-refractivity contribution is 6.60. The van der Waals surface area contributed by atoms with Crippen molar-refractivity contribution in [3.63, 3.8) is 0 Å². The molecular formula is C33H63N3O7Si. The van der Waals surface area contributed by atoms with Gasteiger partial charge in [0.25, 0.3) is 0 Å². The molecular weight excluding hydrogens is 578 g/mol. The Hall–Kier alpha value is -1.78. The molecule has 3 unspecified atom stereocenters. The Morgan fingerprint density at radius 2 is 1.61 bits per heavy atom. The molecule has 1 rings (SSSR count). The average molecular weight is 642 g/mol. The Bertz CT molecular complexity index is 898. The summed E-state index contributed by atoms with van der Waals surface area (Å²) in [7, 11) is 2.19. The van der Waals surface area contributed by atoms with Gasteiger partial charge in [-0.05, 0) is 74.0 Å². The molecule has 11 heteroatoms. The van der Waals surface area contributed by atoms with Crippen LogP contribution in [0.5, 0.6) is 0 Å². The molecule has 0 radical (unpaired) electrons. The fourth-order valence-corrected chi connectivity index (χ4v) is 8.73. The van der Waals surface area contributed by atoms with Crippen LogP contribution >= 0.6 is 0 Å². The first kappa shape index (κ1) is 40.2. The highest BCUT2D eigenvalue weighted by Crippen LogP contribution is 2.46. The largest absolute Gasteiger partial charge is 0.500 e. The first-order valence-corrected chi connectivity index (χ1v) is 18.5. The zero-order valence-electron chi connectivity index (χ0n) is 29.3. The Morgan fingerprint density at radius 1 is 0.977 bits per heavy atom. The van der Waals surface area contributed by atoms with E-state index in [4.69, 9.17) is 18.0 Å². The summed E-state index contributed by atoms with van der Waals surface area (Å²) < 4.78 is 22.5. The third-order valence-electron chi connectivity index (χ3n) is 8.96. The highest BCUT2D eigenvalue weighted by Gasteiger charge is 2.42. The zero-order valence-corrected chi connectivity index (χ0v) is 30.3. The molecule has 0 heterocycles. The van der Waals surface area contributed by atoms with E-state index < -0.39 is 14.9 Å². The lowest BCUT2D eigenvalue weighted by molar-refractivity contribution is -0.121. The molecule has 1 fully saturated rings. The first-order valence-electron chi connectivity index (χ1n) is 16.6. The number of ether oxygens (including phenoxy) is 1. The maximum absolute atomic E-state index is 12.9. The molecule has 1 saturated carbocycles. The normalized spacial score (nSPS) is 20.8. The lowest BCUT2D eigenvalue weighted by Gasteiger charge is -2.45. The van der Waals surface area contributed by atoms with E-state index in [2.05, 4.69) is 57.2 Å². The van der Waals surface area contributed by atoms with E-state index in [-0.39, 0.29) is 34.3 Å². The van der Waals surface area contributed by atoms with Gasteiger partial charge in [0.2, 0.25) is 12.0 Å². The number of nitrogens with zero attached hydrogens (tertiary/aromatic N) is 1. The van der Waals surface area contributed by atoms with Crippen LogP contribution in [-0.2, 0) is 27.6 Å². The van der Waals surface area contributed by atoms with E-state index in [1.165, 1.54) is 6.42 Å². The molecule has 0 saturated heterocycles. The van der Waals surface area contributed by atoms with Gasteiger partial charge < -0.3 is 28.6 Å². The van der Waals surface area contributed by atoms with Gasteiger partial charge in [0.15, 0.2) is 0 Å². The summed E-state index contributed by atoms with van der Waals surface area (Å²) in [5.74, 6) is 0.0332. The monoisotopic (exact) mass is 641 g/mol. The summed E-state index contributed by atoms with van der Waals surface area (Å²) in [6, 6.07) is 0.607. The molecule has 0 aromatic heterocycles. The van der Waals surface area contributed by atoms with Crippen molar-refractivity contribution in [2.75, 3.05) is 34.4 Å². The number of carbonyl (C=O) groups is 2. The summed E-state index contributed by atoms with van der Waals surface area (Å²) in [5.41, 5.74) is -0.271. The van der Waals surface area contributed by atoms with Crippen LogP contribution in [0.4, 0.5) is 4.79 Å². The van der Waals surface area contributed by atoms with Crippen LogP contribution in [0.3, 0.4) is 0 Å². The lowest BCUT2D eigenvalue weighted by Crippen LogP contribution is -2.45. The van der Waals surface area contributed by atoms with Gasteiger partial charge in [0, 0.05) is 46.9 Å². The summed E-state index contributed by atoms with van der Waals surface area (Å²) in [4.78, 5) is 40.4. The van der Waals surface area contributed by atoms with Crippen molar-refractivity contribution in [1.82, 2.24) is 10.6 Å². The maximum Gasteiger partial charge on any atom is 0.500 e. The van der Waals surface area contributed by atoms with Gasteiger partial charge in [-0.25, -0.2) is 14.6 Å². The number of aliphatic imine (C=N–C) groups is 1. The van der Waals surface area contributed by atoms with E-state index in [0.29, 0.717) is 25.6 Å². The molecule has 2 N–H and O–H groups in total. The molecule has 2 amide bonds. The fourth-order valence-electron chi connectivity index (χ4n) is 6.64. The van der Waals surface area contributed by atoms with E-state index in [1.807, 2.05) is 0 Å². The second kappa shape index (κ2) is 19.7. The number of hydrogen-bond donors (Lipinski definition) is 2. The molecule has 0 aromatic rings. The van der Waals surface area contributed by atoms with Gasteiger partial charge in [-0.15, -0.1) is 0 Å². The molecule has 0 aromatic carbocycles. The minimum absolute atomic E-state index is 0.0267. The van der Waals surface area contributed by atoms with Crippen LogP contribution in [0.25, 0.3) is 0 Å². The predicted molar refractivity (Wildman–Crippen MR) is 176 cm³/mol. The number of nitrogens with one attached hydrogen (secondary N) is 2. The highest BCUT2D eigenvalue weighted by atomic mass is 28.4. The van der Waals surface area contributed by atoms with Gasteiger partial charge in [-0.2, -0.15) is 0 Å². The van der Waals surface area contributed by atoms with E-state index >= 15 is 0 Å². The van der Waals surface area contributed by atoms with E-state index in [1.54, 1.807) is 27.4 Å². The molecule has 1 aliphatic rings. The van der Waals surface area contributed by atoms with Gasteiger partial charge in [0.05, 0.1) is 6.04 Å². The Morgan fingerprint density at radius 3 is 2.20 bits per heavy atom. The quantitative estimate of drug-likeness (QED) is 0.0568. The summed E-state index contributed by atoms with van der Waals surface area (Å²) >= 11 is 0. The number of amides is 2. The van der Waals surface area contributed by atoms with Crippen LogP contribution in [0.1, 0.15) is 125 Å². The maximum atomic E-state index is 12.9. The van der Waals surface area contributed by atoms with Gasteiger partial charge >= 0.3 is 14.9 Å². The molecule has 44 heavy (non-hydrogen) atoms. The molecule has 10 nitrogen and oxygen atoms in total. The standard InChI is InChI=1S/C33H63N3O7Si/c1-10-11-12-13-16-28(43-30(39)35-25-33(6)22-27(36-26-37)21-32(4,5)23-33)17-14-15-18-29(38)34-24-31(2,3)19-20-44(40-7,41-8)42-9/h27-28H,10-25H2,1-9H3,(H,34,38)(H,35,39). The van der Waals surface area contributed by atoms with Gasteiger partial charge in [-0.3, -0.25) is 4.79 Å². The number of carbonyl (C=O) groups excluding carboxylic acids is 3. The number of rotatable bonds is 22. The van der Waals surface area contributed by atoms with E-state index in [0.717, 1.165) is 70.6 Å². The summed E-state index contributed by atoms with van der Waals surface area (Å²) in [6.07, 6.45) is 12.5. The topological polar surface area (TPSA) is 125 Å². The third-order valence-corrected chi connectivity index (χ3v) is 11.7. The van der Waals surface area contributed by atoms with Crippen LogP contribution in [0.2, 0.25) is 6.04 Å². The number of isocyanates is 1. The lowest BCUT2D eigenvalue weighted by atomic mass is 9.63. The van der Waals surface area contributed by atoms with Crippen molar-refractivity contribution in [3.8, 4) is 0 Å². The van der Waals surface area contributed by atoms with Gasteiger partial charge in [-0.1, -0.05) is 60.8 Å². The molecule has 1 aliphatic carbocycles. The van der Waals surface area contributed by atoms with Crippen LogP contribution in [0, 0.1) is 16.2 Å². The van der Waals surface area contributed by atoms with Crippen LogP contribution in [0.15, 0.2) is 4.99 Å². The van der Waals surface area contributed by atoms with Gasteiger partial charge in [0.1, 0.15) is 6.10 Å². The third kappa shape index (κ3) is 16.0. The summed E-state index contributed by atoms with van der Waals surface area (Å²) in [6.45, 7) is 14.0. The Balaban J connectivity index is 2.54. The number of hydrogen-bond acceptors (Lipinski definition) is 8. The second-order valence-corrected chi connectivity index (χ2v) is 17.7. The summed E-state index contributed by atoms with van der Waals surface area (Å²) in [5, 5.41) is 6.09. The SMILES string of the molecule is CCCCCCC(CCCCC(=O)NCC(C)(C)CC[Si](OC)(OC)OC)OC(=O)NCC1(C)CC(N=C=O)CC(C)(C)C1. The average Bonchev–Trinajstić information content (AvgIpc) is 2.95. The van der Waals surface area contributed by atoms with Crippen molar-refractivity contribution < 1.29 is 32.4 Å². The van der Waals surface area contributed by atoms with Crippen molar-refractivity contribution >= 4 is 26.9 Å². The second-order valence-electron chi connectivity index (χ2n) is 14.6. The molecule has 0 bridgehead atoms. The minimum atomic E-state index is -2.65. The molecule has 0 spiro atoms. The number of unbranched alkanes of at least 4 members (excludes halogenated alkanes) is 4. The fraction of sp³-hybridized carbons (Fsp3) is 0.909. The molecule has 256 valence electrons. The minimum Gasteiger partial charge on any atom is -0.446 e. The zero-order chi connectivity index (χ0) is 33.3. The molecule has 0 aliphatic heterocycles. The predicted octanol–water partition coefficient (Wildman–Crippen LogP) is 6.94. The Kier molecular flexibility index (Phi) is 18.0.